The molecular formula is C14H20N2O. The highest BCUT2D eigenvalue weighted by atomic mass is 16.2. The number of hydrogen-bond acceptors (Lipinski definition) is 2. The summed E-state index contributed by atoms with van der Waals surface area (Å²) in [6.07, 6.45) is 1.89. The van der Waals surface area contributed by atoms with Gasteiger partial charge >= 0.3 is 0 Å². The molecule has 1 aromatic carbocycles. The first kappa shape index (κ1) is 12.0. The number of hydrogen-bond donors (Lipinski definition) is 1. The lowest BCUT2D eigenvalue weighted by Crippen LogP contribution is -2.35. The number of anilines is 2. The van der Waals surface area contributed by atoms with E-state index in [1.807, 2.05) is 36.1 Å². The zero-order valence-electron chi connectivity index (χ0n) is 10.6. The van der Waals surface area contributed by atoms with Crippen LogP contribution in [-0.4, -0.2) is 19.0 Å². The molecule has 0 saturated heterocycles. The van der Waals surface area contributed by atoms with Crippen LogP contribution in [0.2, 0.25) is 0 Å². The Morgan fingerprint density at radius 1 is 1.47 bits per heavy atom. The van der Waals surface area contributed by atoms with Gasteiger partial charge < -0.3 is 10.2 Å². The molecular weight excluding hydrogens is 212 g/mol. The maximum absolute atomic E-state index is 12.3. The van der Waals surface area contributed by atoms with Gasteiger partial charge in [0.2, 0.25) is 5.91 Å². The molecule has 0 bridgehead atoms. The molecule has 0 spiro atoms. The van der Waals surface area contributed by atoms with E-state index in [9.17, 15) is 4.79 Å². The van der Waals surface area contributed by atoms with Gasteiger partial charge in [0.05, 0.1) is 11.4 Å². The number of carbonyl (C=O) groups is 1. The van der Waals surface area contributed by atoms with Crippen LogP contribution in [0.4, 0.5) is 11.4 Å². The van der Waals surface area contributed by atoms with Crippen molar-refractivity contribution in [2.45, 2.75) is 26.7 Å². The monoisotopic (exact) mass is 232 g/mol. The summed E-state index contributed by atoms with van der Waals surface area (Å²) < 4.78 is 0. The van der Waals surface area contributed by atoms with Crippen molar-refractivity contribution in [1.29, 1.82) is 0 Å². The van der Waals surface area contributed by atoms with Gasteiger partial charge in [0.15, 0.2) is 0 Å². The third-order valence-corrected chi connectivity index (χ3v) is 3.37. The number of fused-ring (bicyclic) bond motifs is 1. The van der Waals surface area contributed by atoms with Crippen molar-refractivity contribution in [3.05, 3.63) is 24.3 Å². The van der Waals surface area contributed by atoms with Crippen LogP contribution in [0.5, 0.6) is 0 Å². The maximum atomic E-state index is 12.3. The topological polar surface area (TPSA) is 32.3 Å². The zero-order chi connectivity index (χ0) is 12.3. The molecule has 1 aromatic rings. The Morgan fingerprint density at radius 2 is 2.24 bits per heavy atom. The largest absolute Gasteiger partial charge is 0.383 e. The van der Waals surface area contributed by atoms with E-state index >= 15 is 0 Å². The predicted molar refractivity (Wildman–Crippen MR) is 71.4 cm³/mol. The van der Waals surface area contributed by atoms with Crippen molar-refractivity contribution in [2.24, 2.45) is 5.92 Å². The number of para-hydroxylation sites is 2. The summed E-state index contributed by atoms with van der Waals surface area (Å²) in [5, 5.41) is 3.37. The Labute approximate surface area is 103 Å². The third kappa shape index (κ3) is 2.43. The van der Waals surface area contributed by atoms with E-state index in [1.54, 1.807) is 0 Å². The summed E-state index contributed by atoms with van der Waals surface area (Å²) in [7, 11) is 0. The zero-order valence-corrected chi connectivity index (χ0v) is 10.6. The molecule has 1 aliphatic rings. The summed E-state index contributed by atoms with van der Waals surface area (Å²) in [6.45, 7) is 5.81. The van der Waals surface area contributed by atoms with E-state index in [0.29, 0.717) is 0 Å². The second kappa shape index (κ2) is 5.21. The molecule has 0 fully saturated rings. The fourth-order valence-corrected chi connectivity index (χ4v) is 2.11. The highest BCUT2D eigenvalue weighted by Crippen LogP contribution is 2.29. The molecule has 1 aliphatic heterocycles. The molecule has 0 aliphatic carbocycles. The highest BCUT2D eigenvalue weighted by Gasteiger charge is 2.23. The van der Waals surface area contributed by atoms with Gasteiger partial charge in [-0.3, -0.25) is 4.79 Å². The van der Waals surface area contributed by atoms with E-state index in [4.69, 9.17) is 0 Å². The van der Waals surface area contributed by atoms with Crippen LogP contribution < -0.4 is 10.2 Å². The molecule has 1 N–H and O–H groups in total. The average molecular weight is 232 g/mol. The number of nitrogens with one attached hydrogen (secondary N) is 1. The molecule has 0 radical (unpaired) electrons. The van der Waals surface area contributed by atoms with Crippen molar-refractivity contribution >= 4 is 17.3 Å². The van der Waals surface area contributed by atoms with Gasteiger partial charge in [-0.1, -0.05) is 26.0 Å². The van der Waals surface area contributed by atoms with Gasteiger partial charge in [0, 0.05) is 19.0 Å². The fraction of sp³-hybridized carbons (Fsp3) is 0.500. The summed E-state index contributed by atoms with van der Waals surface area (Å²) >= 11 is 0. The van der Waals surface area contributed by atoms with Crippen LogP contribution in [0.15, 0.2) is 24.3 Å². The summed E-state index contributed by atoms with van der Waals surface area (Å²) in [4.78, 5) is 14.3. The van der Waals surface area contributed by atoms with E-state index in [2.05, 4.69) is 12.2 Å². The molecule has 1 amide bonds. The molecule has 92 valence electrons. The summed E-state index contributed by atoms with van der Waals surface area (Å²) in [6, 6.07) is 8.05. The molecule has 3 nitrogen and oxygen atoms in total. The first-order chi connectivity index (χ1) is 8.24. The average Bonchev–Trinajstić information content (AvgIpc) is 2.59. The quantitative estimate of drug-likeness (QED) is 0.850. The SMILES string of the molecule is CCC(C)C(=O)N1CCCNc2ccccc21. The minimum Gasteiger partial charge on any atom is -0.383 e. The van der Waals surface area contributed by atoms with E-state index < -0.39 is 0 Å². The van der Waals surface area contributed by atoms with Gasteiger partial charge in [-0.25, -0.2) is 0 Å². The van der Waals surface area contributed by atoms with Crippen molar-refractivity contribution in [3.8, 4) is 0 Å². The molecule has 3 heteroatoms. The second-order valence-corrected chi connectivity index (χ2v) is 4.60. The molecule has 1 unspecified atom stereocenters. The lowest BCUT2D eigenvalue weighted by Gasteiger charge is -2.25. The Morgan fingerprint density at radius 3 is 3.00 bits per heavy atom. The lowest BCUT2D eigenvalue weighted by atomic mass is 10.1. The van der Waals surface area contributed by atoms with E-state index in [0.717, 1.165) is 37.3 Å². The molecule has 0 aromatic heterocycles. The van der Waals surface area contributed by atoms with Gasteiger partial charge in [-0.05, 0) is 25.0 Å². The Hall–Kier alpha value is -1.51. The van der Waals surface area contributed by atoms with Gasteiger partial charge in [-0.15, -0.1) is 0 Å². The van der Waals surface area contributed by atoms with Gasteiger partial charge in [0.1, 0.15) is 0 Å². The minimum atomic E-state index is 0.0983. The Balaban J connectivity index is 2.31. The minimum absolute atomic E-state index is 0.0983. The standard InChI is InChI=1S/C14H20N2O/c1-3-11(2)14(17)16-10-6-9-15-12-7-4-5-8-13(12)16/h4-5,7-8,11,15H,3,6,9-10H2,1-2H3. The molecule has 2 rings (SSSR count). The number of benzene rings is 1. The molecule has 1 atom stereocenters. The van der Waals surface area contributed by atoms with Gasteiger partial charge in [-0.2, -0.15) is 0 Å². The van der Waals surface area contributed by atoms with Crippen LogP contribution in [0, 0.1) is 5.92 Å². The van der Waals surface area contributed by atoms with Crippen LogP contribution in [0.3, 0.4) is 0 Å². The second-order valence-electron chi connectivity index (χ2n) is 4.60. The van der Waals surface area contributed by atoms with Crippen LogP contribution in [0.1, 0.15) is 26.7 Å². The van der Waals surface area contributed by atoms with Crippen molar-refractivity contribution in [3.63, 3.8) is 0 Å². The summed E-state index contributed by atoms with van der Waals surface area (Å²) in [5.74, 6) is 0.338. The van der Waals surface area contributed by atoms with Crippen molar-refractivity contribution in [1.82, 2.24) is 0 Å². The van der Waals surface area contributed by atoms with E-state index in [-0.39, 0.29) is 11.8 Å². The van der Waals surface area contributed by atoms with Gasteiger partial charge in [0.25, 0.3) is 0 Å². The van der Waals surface area contributed by atoms with Crippen LogP contribution in [-0.2, 0) is 4.79 Å². The first-order valence-corrected chi connectivity index (χ1v) is 6.38. The highest BCUT2D eigenvalue weighted by molar-refractivity contribution is 5.98. The van der Waals surface area contributed by atoms with Crippen molar-refractivity contribution in [2.75, 3.05) is 23.3 Å². The van der Waals surface area contributed by atoms with Crippen molar-refractivity contribution < 1.29 is 4.79 Å². The number of rotatable bonds is 2. The summed E-state index contributed by atoms with van der Waals surface area (Å²) in [5.41, 5.74) is 2.09. The first-order valence-electron chi connectivity index (χ1n) is 6.38. The van der Waals surface area contributed by atoms with Crippen LogP contribution >= 0.6 is 0 Å². The molecule has 0 saturated carbocycles. The third-order valence-electron chi connectivity index (χ3n) is 3.37. The van der Waals surface area contributed by atoms with Crippen LogP contribution in [0.25, 0.3) is 0 Å². The smallest absolute Gasteiger partial charge is 0.229 e. The fourth-order valence-electron chi connectivity index (χ4n) is 2.11. The normalized spacial score (nSPS) is 16.7. The lowest BCUT2D eigenvalue weighted by molar-refractivity contribution is -0.121. The Bertz CT molecular complexity index is 403. The molecule has 17 heavy (non-hydrogen) atoms. The number of nitrogens with zero attached hydrogens (tertiary/aromatic N) is 1. The maximum Gasteiger partial charge on any atom is 0.229 e. The number of amides is 1. The molecule has 1 heterocycles. The van der Waals surface area contributed by atoms with E-state index in [1.165, 1.54) is 0 Å². The number of carbonyl (C=O) groups excluding carboxylic acids is 1. The predicted octanol–water partition coefficient (Wildman–Crippen LogP) is 2.88. The Kier molecular flexibility index (Phi) is 3.67.